The molecule has 0 radical (unpaired) electrons. The van der Waals surface area contributed by atoms with E-state index in [1.54, 1.807) is 14.2 Å². The number of hydrogen-bond donors (Lipinski definition) is 2. The molecule has 0 aromatic heterocycles. The van der Waals surface area contributed by atoms with Gasteiger partial charge in [0.05, 0.1) is 0 Å². The fraction of sp³-hybridized carbons (Fsp3) is 1.00. The van der Waals surface area contributed by atoms with E-state index in [1.807, 2.05) is 0 Å². The van der Waals surface area contributed by atoms with Crippen LogP contribution in [0.25, 0.3) is 0 Å². The van der Waals surface area contributed by atoms with E-state index in [0.29, 0.717) is 0 Å². The monoisotopic (exact) mass is 278 g/mol. The molecular weight excluding hydrogens is 248 g/mol. The van der Waals surface area contributed by atoms with Crippen LogP contribution in [0.2, 0.25) is 6.04 Å². The van der Waals surface area contributed by atoms with E-state index in [1.165, 1.54) is 19.3 Å². The van der Waals surface area contributed by atoms with Crippen molar-refractivity contribution in [1.29, 1.82) is 0 Å². The standard InChI is InChI=1S/C12H30N2O3Si/c1-5-7-8-9-10-12(14-13)17-18(15-3,16-4)11-6-2/h12,14H,5-11,13H2,1-4H3. The van der Waals surface area contributed by atoms with Crippen LogP contribution in [0.4, 0.5) is 0 Å². The number of rotatable bonds is 12. The Labute approximate surface area is 113 Å². The van der Waals surface area contributed by atoms with Gasteiger partial charge in [0.2, 0.25) is 0 Å². The normalized spacial score (nSPS) is 13.8. The molecule has 1 unspecified atom stereocenters. The number of hydrogen-bond acceptors (Lipinski definition) is 5. The lowest BCUT2D eigenvalue weighted by atomic mass is 10.1. The minimum atomic E-state index is -2.54. The van der Waals surface area contributed by atoms with Crippen molar-refractivity contribution >= 4 is 8.80 Å². The summed E-state index contributed by atoms with van der Waals surface area (Å²) in [6.45, 7) is 4.29. The Hall–Kier alpha value is 0.0169. The second kappa shape index (κ2) is 10.9. The van der Waals surface area contributed by atoms with E-state index in [9.17, 15) is 0 Å². The van der Waals surface area contributed by atoms with Gasteiger partial charge in [-0.25, -0.2) is 5.43 Å². The molecule has 0 heterocycles. The van der Waals surface area contributed by atoms with Crippen LogP contribution in [0.3, 0.4) is 0 Å². The quantitative estimate of drug-likeness (QED) is 0.189. The van der Waals surface area contributed by atoms with Crippen LogP contribution in [0.5, 0.6) is 0 Å². The summed E-state index contributed by atoms with van der Waals surface area (Å²) in [5, 5.41) is 0. The number of nitrogens with two attached hydrogens (primary N) is 1. The lowest BCUT2D eigenvalue weighted by Gasteiger charge is -2.30. The first-order valence-electron chi connectivity index (χ1n) is 6.92. The second-order valence-corrected chi connectivity index (χ2v) is 7.38. The highest BCUT2D eigenvalue weighted by Crippen LogP contribution is 2.19. The van der Waals surface area contributed by atoms with Crippen molar-refractivity contribution in [3.63, 3.8) is 0 Å². The molecule has 0 aliphatic carbocycles. The first-order valence-corrected chi connectivity index (χ1v) is 8.85. The molecule has 0 spiro atoms. The molecule has 0 aromatic carbocycles. The lowest BCUT2D eigenvalue weighted by molar-refractivity contribution is 0.0337. The smallest absolute Gasteiger partial charge is 0.377 e. The highest BCUT2D eigenvalue weighted by Gasteiger charge is 2.40. The van der Waals surface area contributed by atoms with Gasteiger partial charge in [0.1, 0.15) is 6.23 Å². The molecule has 0 saturated heterocycles. The first kappa shape index (κ1) is 18.0. The summed E-state index contributed by atoms with van der Waals surface area (Å²) in [5.41, 5.74) is 2.71. The van der Waals surface area contributed by atoms with Crippen LogP contribution in [-0.2, 0) is 13.3 Å². The van der Waals surface area contributed by atoms with Crippen LogP contribution >= 0.6 is 0 Å². The van der Waals surface area contributed by atoms with Gasteiger partial charge in [0, 0.05) is 20.3 Å². The van der Waals surface area contributed by atoms with Gasteiger partial charge in [-0.15, -0.1) is 0 Å². The average molecular weight is 278 g/mol. The lowest BCUT2D eigenvalue weighted by Crippen LogP contribution is -2.51. The third kappa shape index (κ3) is 6.82. The third-order valence-electron chi connectivity index (χ3n) is 3.01. The summed E-state index contributed by atoms with van der Waals surface area (Å²) >= 11 is 0. The molecular formula is C12H30N2O3Si. The fourth-order valence-corrected chi connectivity index (χ4v) is 4.02. The van der Waals surface area contributed by atoms with E-state index in [4.69, 9.17) is 19.1 Å². The zero-order chi connectivity index (χ0) is 13.9. The zero-order valence-corrected chi connectivity index (χ0v) is 13.3. The Balaban J connectivity index is 4.19. The molecule has 18 heavy (non-hydrogen) atoms. The van der Waals surface area contributed by atoms with Crippen molar-refractivity contribution in [2.45, 2.75) is 64.6 Å². The molecule has 110 valence electrons. The van der Waals surface area contributed by atoms with E-state index < -0.39 is 8.80 Å². The molecule has 0 bridgehead atoms. The summed E-state index contributed by atoms with van der Waals surface area (Å²) in [4.78, 5) is 0. The number of hydrazine groups is 1. The average Bonchev–Trinajstić information content (AvgIpc) is 2.41. The Bertz CT molecular complexity index is 192. The molecule has 0 aliphatic heterocycles. The van der Waals surface area contributed by atoms with Crippen molar-refractivity contribution in [3.05, 3.63) is 0 Å². The third-order valence-corrected chi connectivity index (χ3v) is 6.01. The largest absolute Gasteiger partial charge is 0.501 e. The van der Waals surface area contributed by atoms with Gasteiger partial charge in [-0.2, -0.15) is 0 Å². The van der Waals surface area contributed by atoms with E-state index in [0.717, 1.165) is 25.3 Å². The highest BCUT2D eigenvalue weighted by molar-refractivity contribution is 6.60. The summed E-state index contributed by atoms with van der Waals surface area (Å²) in [7, 11) is 0.759. The molecule has 5 nitrogen and oxygen atoms in total. The predicted molar refractivity (Wildman–Crippen MR) is 75.8 cm³/mol. The van der Waals surface area contributed by atoms with E-state index in [-0.39, 0.29) is 6.23 Å². The van der Waals surface area contributed by atoms with Crippen LogP contribution in [-0.4, -0.2) is 29.3 Å². The fourth-order valence-electron chi connectivity index (χ4n) is 1.90. The maximum absolute atomic E-state index is 5.96. The molecule has 0 rings (SSSR count). The van der Waals surface area contributed by atoms with Gasteiger partial charge in [-0.3, -0.25) is 5.84 Å². The molecule has 0 aliphatic rings. The molecule has 0 saturated carbocycles. The minimum absolute atomic E-state index is 0.181. The Kier molecular flexibility index (Phi) is 10.9. The molecule has 3 N–H and O–H groups in total. The summed E-state index contributed by atoms with van der Waals surface area (Å²) in [6, 6.07) is 0.813. The van der Waals surface area contributed by atoms with Gasteiger partial charge >= 0.3 is 8.80 Å². The minimum Gasteiger partial charge on any atom is -0.377 e. The highest BCUT2D eigenvalue weighted by atomic mass is 28.4. The topological polar surface area (TPSA) is 65.7 Å². The van der Waals surface area contributed by atoms with Gasteiger partial charge in [-0.1, -0.05) is 39.5 Å². The maximum Gasteiger partial charge on any atom is 0.501 e. The number of unbranched alkanes of at least 4 members (excludes halogenated alkanes) is 3. The van der Waals surface area contributed by atoms with Gasteiger partial charge in [-0.05, 0) is 12.8 Å². The molecule has 6 heteroatoms. The van der Waals surface area contributed by atoms with Crippen molar-refractivity contribution < 1.29 is 13.3 Å². The van der Waals surface area contributed by atoms with Crippen LogP contribution < -0.4 is 11.3 Å². The van der Waals surface area contributed by atoms with E-state index in [2.05, 4.69) is 19.3 Å². The SMILES string of the molecule is CCCCCCC(NN)O[Si](CCC)(OC)OC. The molecule has 1 atom stereocenters. The Morgan fingerprint density at radius 1 is 1.06 bits per heavy atom. The van der Waals surface area contributed by atoms with Crippen LogP contribution in [0.1, 0.15) is 52.4 Å². The van der Waals surface area contributed by atoms with Crippen LogP contribution in [0.15, 0.2) is 0 Å². The molecule has 0 fully saturated rings. The first-order chi connectivity index (χ1) is 8.67. The summed E-state index contributed by atoms with van der Waals surface area (Å²) in [6.07, 6.45) is 6.48. The zero-order valence-electron chi connectivity index (χ0n) is 12.3. The van der Waals surface area contributed by atoms with Crippen LogP contribution in [0, 0.1) is 0 Å². The predicted octanol–water partition coefficient (Wildman–Crippen LogP) is 2.40. The van der Waals surface area contributed by atoms with Crippen molar-refractivity contribution in [2.24, 2.45) is 5.84 Å². The van der Waals surface area contributed by atoms with Crippen molar-refractivity contribution in [3.8, 4) is 0 Å². The van der Waals surface area contributed by atoms with Gasteiger partial charge < -0.3 is 13.3 Å². The molecule has 0 amide bonds. The van der Waals surface area contributed by atoms with Gasteiger partial charge in [0.15, 0.2) is 0 Å². The number of nitrogens with one attached hydrogen (secondary N) is 1. The van der Waals surface area contributed by atoms with E-state index >= 15 is 0 Å². The van der Waals surface area contributed by atoms with Crippen molar-refractivity contribution in [1.82, 2.24) is 5.43 Å². The Morgan fingerprint density at radius 3 is 2.17 bits per heavy atom. The summed E-state index contributed by atoms with van der Waals surface area (Å²) in [5.74, 6) is 5.54. The van der Waals surface area contributed by atoms with Crippen molar-refractivity contribution in [2.75, 3.05) is 14.2 Å². The maximum atomic E-state index is 5.96. The summed E-state index contributed by atoms with van der Waals surface area (Å²) < 4.78 is 16.9. The Morgan fingerprint density at radius 2 is 1.72 bits per heavy atom. The second-order valence-electron chi connectivity index (χ2n) is 4.46. The van der Waals surface area contributed by atoms with Gasteiger partial charge in [0.25, 0.3) is 0 Å². The molecule has 0 aromatic rings.